The number of quaternary nitrogens is 1. The molecule has 3 nitrogen and oxygen atoms in total. The van der Waals surface area contributed by atoms with Gasteiger partial charge in [-0.15, -0.1) is 0 Å². The molecule has 0 saturated carbocycles. The minimum Gasteiger partial charge on any atom is -0.369 e. The summed E-state index contributed by atoms with van der Waals surface area (Å²) in [6.45, 7) is 1.52. The number of morpholine rings is 1. The predicted molar refractivity (Wildman–Crippen MR) is 44.7 cm³/mol. The SMILES string of the molecule is C[N+]1(C)[C@@H]2COC[C@H]1CC(=O)C2. The number of likely N-dealkylation sites (N-methyl/N-ethyl adjacent to an activating group) is 1. The molecule has 0 aromatic carbocycles. The molecule has 0 N–H and O–H groups in total. The summed E-state index contributed by atoms with van der Waals surface area (Å²) in [4.78, 5) is 11.3. The van der Waals surface area contributed by atoms with Crippen molar-refractivity contribution in [2.75, 3.05) is 27.3 Å². The quantitative estimate of drug-likeness (QED) is 0.485. The van der Waals surface area contributed by atoms with Crippen LogP contribution in [0.25, 0.3) is 0 Å². The van der Waals surface area contributed by atoms with Gasteiger partial charge in [0.05, 0.1) is 40.2 Å². The highest BCUT2D eigenvalue weighted by Crippen LogP contribution is 2.29. The number of piperidine rings is 1. The molecular weight excluding hydrogens is 154 g/mol. The smallest absolute Gasteiger partial charge is 0.144 e. The minimum atomic E-state index is 0.407. The largest absolute Gasteiger partial charge is 0.369 e. The van der Waals surface area contributed by atoms with Crippen molar-refractivity contribution in [1.82, 2.24) is 0 Å². The Hall–Kier alpha value is -0.410. The molecule has 0 radical (unpaired) electrons. The molecule has 12 heavy (non-hydrogen) atoms. The normalized spacial score (nSPS) is 39.7. The van der Waals surface area contributed by atoms with E-state index < -0.39 is 0 Å². The number of fused-ring (bicyclic) bond motifs is 2. The van der Waals surface area contributed by atoms with Crippen molar-refractivity contribution in [3.05, 3.63) is 0 Å². The van der Waals surface area contributed by atoms with E-state index in [4.69, 9.17) is 4.74 Å². The maximum absolute atomic E-state index is 11.3. The molecule has 0 spiro atoms. The van der Waals surface area contributed by atoms with E-state index in [2.05, 4.69) is 14.1 Å². The fourth-order valence-corrected chi connectivity index (χ4v) is 2.22. The first-order valence-electron chi connectivity index (χ1n) is 4.53. The second-order valence-corrected chi connectivity index (χ2v) is 4.42. The summed E-state index contributed by atoms with van der Waals surface area (Å²) in [7, 11) is 4.43. The maximum Gasteiger partial charge on any atom is 0.144 e. The van der Waals surface area contributed by atoms with Crippen molar-refractivity contribution in [3.8, 4) is 0 Å². The van der Waals surface area contributed by atoms with Crippen LogP contribution in [0.1, 0.15) is 12.8 Å². The van der Waals surface area contributed by atoms with Gasteiger partial charge in [0, 0.05) is 0 Å². The number of ketones is 1. The standard InChI is InChI=1S/C9H16NO2/c1-10(2)7-3-9(11)4-8(10)6-12-5-7/h7-8H,3-6H2,1-2H3/q+1/t7-,8+. The number of carbonyl (C=O) groups excluding carboxylic acids is 1. The predicted octanol–water partition coefficient (Wildman–Crippen LogP) is 0.193. The zero-order valence-corrected chi connectivity index (χ0v) is 7.75. The van der Waals surface area contributed by atoms with E-state index in [0.717, 1.165) is 17.7 Å². The Bertz CT molecular complexity index is 195. The Morgan fingerprint density at radius 1 is 1.25 bits per heavy atom. The molecule has 0 aromatic rings. The number of rotatable bonds is 0. The fourth-order valence-electron chi connectivity index (χ4n) is 2.22. The Morgan fingerprint density at radius 3 is 2.25 bits per heavy atom. The molecule has 0 amide bonds. The van der Waals surface area contributed by atoms with E-state index in [1.54, 1.807) is 0 Å². The van der Waals surface area contributed by atoms with E-state index in [0.29, 0.717) is 30.7 Å². The summed E-state index contributed by atoms with van der Waals surface area (Å²) in [5, 5.41) is 0. The zero-order chi connectivity index (χ0) is 8.77. The van der Waals surface area contributed by atoms with E-state index >= 15 is 0 Å². The van der Waals surface area contributed by atoms with Crippen molar-refractivity contribution in [2.24, 2.45) is 0 Å². The Morgan fingerprint density at radius 2 is 1.75 bits per heavy atom. The van der Waals surface area contributed by atoms with Crippen molar-refractivity contribution in [3.63, 3.8) is 0 Å². The lowest BCUT2D eigenvalue weighted by atomic mass is 9.91. The topological polar surface area (TPSA) is 26.3 Å². The van der Waals surface area contributed by atoms with Gasteiger partial charge in [0.2, 0.25) is 0 Å². The summed E-state index contributed by atoms with van der Waals surface area (Å²) < 4.78 is 6.43. The van der Waals surface area contributed by atoms with Gasteiger partial charge in [-0.25, -0.2) is 0 Å². The van der Waals surface area contributed by atoms with Crippen LogP contribution in [0.4, 0.5) is 0 Å². The van der Waals surface area contributed by atoms with E-state index in [1.165, 1.54) is 0 Å². The summed E-state index contributed by atoms with van der Waals surface area (Å²) in [6.07, 6.45) is 1.42. The number of nitrogens with zero attached hydrogens (tertiary/aromatic N) is 1. The molecule has 2 atom stereocenters. The third kappa shape index (κ3) is 1.08. The third-order valence-electron chi connectivity index (χ3n) is 3.43. The molecule has 2 rings (SSSR count). The average molecular weight is 170 g/mol. The molecular formula is C9H16NO2+. The lowest BCUT2D eigenvalue weighted by molar-refractivity contribution is -0.948. The average Bonchev–Trinajstić information content (AvgIpc) is 1.92. The molecule has 2 saturated heterocycles. The summed E-state index contributed by atoms with van der Waals surface area (Å²) in [5.74, 6) is 0.422. The van der Waals surface area contributed by atoms with Gasteiger partial charge in [-0.2, -0.15) is 0 Å². The number of ether oxygens (including phenoxy) is 1. The van der Waals surface area contributed by atoms with Crippen LogP contribution >= 0.6 is 0 Å². The van der Waals surface area contributed by atoms with E-state index in [9.17, 15) is 4.79 Å². The zero-order valence-electron chi connectivity index (χ0n) is 7.75. The molecule has 68 valence electrons. The highest BCUT2D eigenvalue weighted by molar-refractivity contribution is 5.80. The molecule has 0 aliphatic carbocycles. The van der Waals surface area contributed by atoms with Crippen molar-refractivity contribution < 1.29 is 14.0 Å². The molecule has 2 fully saturated rings. The summed E-state index contributed by atoms with van der Waals surface area (Å²) in [5.41, 5.74) is 0. The fraction of sp³-hybridized carbons (Fsp3) is 0.889. The number of carbonyl (C=O) groups is 1. The first-order valence-corrected chi connectivity index (χ1v) is 4.53. The van der Waals surface area contributed by atoms with Gasteiger partial charge in [-0.3, -0.25) is 4.79 Å². The Labute approximate surface area is 72.9 Å². The van der Waals surface area contributed by atoms with Gasteiger partial charge in [0.25, 0.3) is 0 Å². The van der Waals surface area contributed by atoms with Crippen molar-refractivity contribution in [1.29, 1.82) is 0 Å². The highest BCUT2D eigenvalue weighted by Gasteiger charge is 2.46. The van der Waals surface area contributed by atoms with E-state index in [-0.39, 0.29) is 0 Å². The van der Waals surface area contributed by atoms with Gasteiger partial charge in [0.15, 0.2) is 0 Å². The molecule has 0 aromatic heterocycles. The Balaban J connectivity index is 2.23. The van der Waals surface area contributed by atoms with Crippen LogP contribution in [-0.4, -0.2) is 49.7 Å². The first-order chi connectivity index (χ1) is 5.60. The molecule has 2 bridgehead atoms. The number of hydrogen-bond donors (Lipinski definition) is 0. The summed E-state index contributed by atoms with van der Waals surface area (Å²) in [6, 6.07) is 0.815. The van der Waals surface area contributed by atoms with Gasteiger partial charge in [-0.1, -0.05) is 0 Å². The first kappa shape index (κ1) is 8.20. The summed E-state index contributed by atoms with van der Waals surface area (Å²) >= 11 is 0. The second-order valence-electron chi connectivity index (χ2n) is 4.42. The number of hydrogen-bond acceptors (Lipinski definition) is 2. The van der Waals surface area contributed by atoms with Gasteiger partial charge in [0.1, 0.15) is 17.9 Å². The van der Waals surface area contributed by atoms with Crippen LogP contribution in [0.5, 0.6) is 0 Å². The highest BCUT2D eigenvalue weighted by atomic mass is 16.5. The maximum atomic E-state index is 11.3. The van der Waals surface area contributed by atoms with Crippen LogP contribution in [0.2, 0.25) is 0 Å². The molecule has 2 heterocycles. The van der Waals surface area contributed by atoms with Crippen molar-refractivity contribution >= 4 is 5.78 Å². The lowest BCUT2D eigenvalue weighted by Gasteiger charge is -2.49. The van der Waals surface area contributed by atoms with Crippen LogP contribution < -0.4 is 0 Å². The second kappa shape index (κ2) is 2.54. The van der Waals surface area contributed by atoms with Crippen molar-refractivity contribution in [2.45, 2.75) is 24.9 Å². The lowest BCUT2D eigenvalue weighted by Crippen LogP contribution is -2.66. The third-order valence-corrected chi connectivity index (χ3v) is 3.43. The monoisotopic (exact) mass is 170 g/mol. The Kier molecular flexibility index (Phi) is 1.73. The molecule has 0 unspecified atom stereocenters. The van der Waals surface area contributed by atoms with Crippen LogP contribution in [0, 0.1) is 0 Å². The minimum absolute atomic E-state index is 0.407. The molecule has 2 aliphatic heterocycles. The van der Waals surface area contributed by atoms with Gasteiger partial charge in [-0.05, 0) is 0 Å². The van der Waals surface area contributed by atoms with Gasteiger partial charge >= 0.3 is 0 Å². The van der Waals surface area contributed by atoms with Crippen LogP contribution in [0.15, 0.2) is 0 Å². The molecule has 2 aliphatic rings. The molecule has 3 heteroatoms. The van der Waals surface area contributed by atoms with E-state index in [1.807, 2.05) is 0 Å². The van der Waals surface area contributed by atoms with Crippen LogP contribution in [-0.2, 0) is 9.53 Å². The number of Topliss-reactive ketones (excluding diaryl/α,β-unsaturated/α-hetero) is 1. The van der Waals surface area contributed by atoms with Gasteiger partial charge < -0.3 is 9.22 Å². The van der Waals surface area contributed by atoms with Crippen LogP contribution in [0.3, 0.4) is 0 Å².